The number of halogens is 1. The largest absolute Gasteiger partial charge is 0.390 e. The Labute approximate surface area is 103 Å². The third kappa shape index (κ3) is 3.39. The molecule has 0 bridgehead atoms. The predicted octanol–water partition coefficient (Wildman–Crippen LogP) is 2.82. The van der Waals surface area contributed by atoms with Crippen molar-refractivity contribution in [2.45, 2.75) is 32.8 Å². The zero-order valence-corrected chi connectivity index (χ0v) is 10.7. The van der Waals surface area contributed by atoms with E-state index in [0.717, 1.165) is 18.5 Å². The van der Waals surface area contributed by atoms with Crippen LogP contribution in [0.4, 0.5) is 5.69 Å². The summed E-state index contributed by atoms with van der Waals surface area (Å²) in [5.41, 5.74) is 3.75. The number of aliphatic hydroxyl groups excluding tert-OH is 1. The number of hydrogen-bond donors (Lipinski definition) is 2. The van der Waals surface area contributed by atoms with Gasteiger partial charge in [0.2, 0.25) is 0 Å². The van der Waals surface area contributed by atoms with Crippen molar-refractivity contribution in [2.24, 2.45) is 0 Å². The topological polar surface area (TPSA) is 32.3 Å². The Morgan fingerprint density at radius 1 is 1.25 bits per heavy atom. The second-order valence-electron chi connectivity index (χ2n) is 3.85. The fourth-order valence-corrected chi connectivity index (χ4v) is 1.85. The molecule has 0 heterocycles. The van der Waals surface area contributed by atoms with Crippen LogP contribution < -0.4 is 5.32 Å². The molecule has 0 radical (unpaired) electrons. The van der Waals surface area contributed by atoms with Crippen LogP contribution >= 0.6 is 11.6 Å². The highest BCUT2D eigenvalue weighted by molar-refractivity contribution is 6.18. The third-order valence-corrected chi connectivity index (χ3v) is 3.05. The molecule has 90 valence electrons. The average Bonchev–Trinajstić information content (AvgIpc) is 2.35. The number of alkyl halides is 1. The molecule has 0 aliphatic heterocycles. The molecule has 1 rings (SSSR count). The zero-order valence-electron chi connectivity index (χ0n) is 9.96. The number of aliphatic hydroxyl groups is 1. The highest BCUT2D eigenvalue weighted by Gasteiger charge is 2.07. The van der Waals surface area contributed by atoms with Crippen molar-refractivity contribution < 1.29 is 5.11 Å². The van der Waals surface area contributed by atoms with E-state index in [1.165, 1.54) is 11.1 Å². The minimum absolute atomic E-state index is 0.267. The summed E-state index contributed by atoms with van der Waals surface area (Å²) in [4.78, 5) is 0. The van der Waals surface area contributed by atoms with Gasteiger partial charge in [0.05, 0.1) is 12.0 Å². The molecule has 0 saturated carbocycles. The lowest BCUT2D eigenvalue weighted by molar-refractivity contribution is 0.211. The first-order chi connectivity index (χ1) is 7.72. The maximum atomic E-state index is 9.45. The number of anilines is 1. The Bertz CT molecular complexity index is 305. The molecule has 0 spiro atoms. The molecule has 1 aromatic carbocycles. The van der Waals surface area contributed by atoms with Gasteiger partial charge >= 0.3 is 0 Å². The van der Waals surface area contributed by atoms with E-state index in [1.54, 1.807) is 0 Å². The van der Waals surface area contributed by atoms with Crippen LogP contribution in [0.25, 0.3) is 0 Å². The van der Waals surface area contributed by atoms with E-state index < -0.39 is 6.10 Å². The Morgan fingerprint density at radius 3 is 2.25 bits per heavy atom. The summed E-state index contributed by atoms with van der Waals surface area (Å²) < 4.78 is 0. The molecule has 16 heavy (non-hydrogen) atoms. The molecular weight excluding hydrogens is 222 g/mol. The molecule has 1 aromatic rings. The number of para-hydroxylation sites is 1. The van der Waals surface area contributed by atoms with Crippen molar-refractivity contribution in [3.63, 3.8) is 0 Å². The van der Waals surface area contributed by atoms with Crippen molar-refractivity contribution in [2.75, 3.05) is 17.7 Å². The van der Waals surface area contributed by atoms with Gasteiger partial charge < -0.3 is 10.4 Å². The smallest absolute Gasteiger partial charge is 0.0847 e. The fourth-order valence-electron chi connectivity index (χ4n) is 1.74. The quantitative estimate of drug-likeness (QED) is 0.751. The van der Waals surface area contributed by atoms with Gasteiger partial charge in [-0.05, 0) is 24.0 Å². The molecule has 0 amide bonds. The Kier molecular flexibility index (Phi) is 5.64. The lowest BCUT2D eigenvalue weighted by atomic mass is 10.0. The van der Waals surface area contributed by atoms with Crippen molar-refractivity contribution in [3.05, 3.63) is 29.3 Å². The molecule has 1 atom stereocenters. The first-order valence-electron chi connectivity index (χ1n) is 5.81. The van der Waals surface area contributed by atoms with Crippen molar-refractivity contribution >= 4 is 17.3 Å². The molecule has 0 aromatic heterocycles. The maximum Gasteiger partial charge on any atom is 0.0847 e. The summed E-state index contributed by atoms with van der Waals surface area (Å²) >= 11 is 5.58. The Hall–Kier alpha value is -0.730. The van der Waals surface area contributed by atoms with Crippen LogP contribution in [0.15, 0.2) is 18.2 Å². The third-order valence-electron chi connectivity index (χ3n) is 2.69. The molecule has 2 N–H and O–H groups in total. The van der Waals surface area contributed by atoms with Crippen LogP contribution in [0.2, 0.25) is 0 Å². The van der Waals surface area contributed by atoms with E-state index in [0.29, 0.717) is 6.54 Å². The van der Waals surface area contributed by atoms with Gasteiger partial charge in [0, 0.05) is 12.2 Å². The molecule has 0 aliphatic carbocycles. The molecule has 0 saturated heterocycles. The zero-order chi connectivity index (χ0) is 12.0. The van der Waals surface area contributed by atoms with Gasteiger partial charge in [-0.2, -0.15) is 0 Å². The highest BCUT2D eigenvalue weighted by Crippen LogP contribution is 2.22. The molecular formula is C13H20ClNO. The molecule has 3 heteroatoms. The summed E-state index contributed by atoms with van der Waals surface area (Å²) in [5, 5.41) is 12.8. The van der Waals surface area contributed by atoms with Crippen molar-refractivity contribution in [3.8, 4) is 0 Å². The second-order valence-corrected chi connectivity index (χ2v) is 4.16. The summed E-state index contributed by atoms with van der Waals surface area (Å²) in [5.74, 6) is 0.267. The van der Waals surface area contributed by atoms with Gasteiger partial charge in [-0.1, -0.05) is 32.0 Å². The normalized spacial score (nSPS) is 12.5. The number of benzene rings is 1. The second kappa shape index (κ2) is 6.77. The van der Waals surface area contributed by atoms with Gasteiger partial charge in [-0.3, -0.25) is 0 Å². The monoisotopic (exact) mass is 241 g/mol. The van der Waals surface area contributed by atoms with E-state index in [4.69, 9.17) is 11.6 Å². The molecule has 2 nitrogen and oxygen atoms in total. The van der Waals surface area contributed by atoms with Gasteiger partial charge in [-0.25, -0.2) is 0 Å². The van der Waals surface area contributed by atoms with E-state index >= 15 is 0 Å². The number of aryl methyl sites for hydroxylation is 2. The lowest BCUT2D eigenvalue weighted by Crippen LogP contribution is -2.22. The summed E-state index contributed by atoms with van der Waals surface area (Å²) in [6, 6.07) is 6.32. The average molecular weight is 242 g/mol. The van der Waals surface area contributed by atoms with Crippen LogP contribution in [-0.2, 0) is 12.8 Å². The van der Waals surface area contributed by atoms with E-state index in [1.807, 2.05) is 0 Å². The van der Waals surface area contributed by atoms with Crippen LogP contribution in [-0.4, -0.2) is 23.6 Å². The number of hydrogen-bond acceptors (Lipinski definition) is 2. The first-order valence-corrected chi connectivity index (χ1v) is 6.35. The first kappa shape index (κ1) is 13.3. The predicted molar refractivity (Wildman–Crippen MR) is 70.4 cm³/mol. The SMILES string of the molecule is CCc1cccc(CC)c1NCC(O)CCl. The van der Waals surface area contributed by atoms with E-state index in [9.17, 15) is 5.11 Å². The maximum absolute atomic E-state index is 9.45. The summed E-state index contributed by atoms with van der Waals surface area (Å²) in [6.07, 6.45) is 1.50. The van der Waals surface area contributed by atoms with Crippen LogP contribution in [0.1, 0.15) is 25.0 Å². The Morgan fingerprint density at radius 2 is 1.81 bits per heavy atom. The number of rotatable bonds is 6. The molecule has 0 fully saturated rings. The van der Waals surface area contributed by atoms with Crippen LogP contribution in [0.5, 0.6) is 0 Å². The Balaban J connectivity index is 2.82. The van der Waals surface area contributed by atoms with Gasteiger partial charge in [0.15, 0.2) is 0 Å². The van der Waals surface area contributed by atoms with Crippen molar-refractivity contribution in [1.29, 1.82) is 0 Å². The van der Waals surface area contributed by atoms with E-state index in [2.05, 4.69) is 37.4 Å². The van der Waals surface area contributed by atoms with Gasteiger partial charge in [0.1, 0.15) is 0 Å². The summed E-state index contributed by atoms with van der Waals surface area (Å²) in [7, 11) is 0. The standard InChI is InChI=1S/C13H20ClNO/c1-3-10-6-5-7-11(4-2)13(10)15-9-12(16)8-14/h5-7,12,15-16H,3-4,8-9H2,1-2H3. The number of nitrogens with one attached hydrogen (secondary N) is 1. The van der Waals surface area contributed by atoms with Gasteiger partial charge in [-0.15, -0.1) is 11.6 Å². The minimum Gasteiger partial charge on any atom is -0.390 e. The fraction of sp³-hybridized carbons (Fsp3) is 0.538. The minimum atomic E-state index is -0.490. The van der Waals surface area contributed by atoms with Gasteiger partial charge in [0.25, 0.3) is 0 Å². The lowest BCUT2D eigenvalue weighted by Gasteiger charge is -2.16. The van der Waals surface area contributed by atoms with E-state index in [-0.39, 0.29) is 5.88 Å². The van der Waals surface area contributed by atoms with Crippen LogP contribution in [0.3, 0.4) is 0 Å². The van der Waals surface area contributed by atoms with Crippen LogP contribution in [0, 0.1) is 0 Å². The van der Waals surface area contributed by atoms with Crippen molar-refractivity contribution in [1.82, 2.24) is 0 Å². The molecule has 1 unspecified atom stereocenters. The summed E-state index contributed by atoms with van der Waals surface area (Å²) in [6.45, 7) is 4.78. The highest BCUT2D eigenvalue weighted by atomic mass is 35.5. The molecule has 0 aliphatic rings.